The number of hydrogen-bond donors (Lipinski definition) is 1. The highest BCUT2D eigenvalue weighted by atomic mass is 16.5. The Morgan fingerprint density at radius 1 is 1.24 bits per heavy atom. The minimum absolute atomic E-state index is 0.321. The Morgan fingerprint density at radius 2 is 2.10 bits per heavy atom. The van der Waals surface area contributed by atoms with Crippen LogP contribution in [0, 0.1) is 5.92 Å². The molecule has 2 rings (SSSR count). The molecule has 118 valence electrons. The zero-order valence-electron chi connectivity index (χ0n) is 13.4. The Balaban J connectivity index is 2.15. The van der Waals surface area contributed by atoms with Crippen LogP contribution in [0.3, 0.4) is 0 Å². The third-order valence-corrected chi connectivity index (χ3v) is 4.37. The van der Waals surface area contributed by atoms with E-state index in [1.807, 2.05) is 19.1 Å². The molecular weight excluding hydrogens is 262 g/mol. The molecule has 2 N–H and O–H groups in total. The first kappa shape index (κ1) is 16.2. The van der Waals surface area contributed by atoms with Gasteiger partial charge in [-0.1, -0.05) is 31.9 Å². The monoisotopic (exact) mass is 291 g/mol. The van der Waals surface area contributed by atoms with Crippen molar-refractivity contribution in [3.05, 3.63) is 23.8 Å². The second-order valence-electron chi connectivity index (χ2n) is 5.90. The molecule has 0 aromatic heterocycles. The molecule has 3 nitrogen and oxygen atoms in total. The summed E-state index contributed by atoms with van der Waals surface area (Å²) in [5, 5.41) is 0. The van der Waals surface area contributed by atoms with E-state index in [9.17, 15) is 0 Å². The van der Waals surface area contributed by atoms with Crippen molar-refractivity contribution < 1.29 is 9.47 Å². The van der Waals surface area contributed by atoms with Crippen LogP contribution in [0.5, 0.6) is 11.5 Å². The standard InChI is InChI=1S/C18H29NO2/c1-3-14-7-5-9-16(13-14)21-18-15(11-12-19)8-6-10-17(18)20-4-2/h6,8,10,14,16H,3-5,7,9,11-13,19H2,1-2H3. The Labute approximate surface area is 128 Å². The van der Waals surface area contributed by atoms with Gasteiger partial charge in [-0.05, 0) is 56.7 Å². The molecule has 21 heavy (non-hydrogen) atoms. The van der Waals surface area contributed by atoms with Crippen molar-refractivity contribution in [2.24, 2.45) is 11.7 Å². The first-order valence-electron chi connectivity index (χ1n) is 8.39. The van der Waals surface area contributed by atoms with Crippen LogP contribution >= 0.6 is 0 Å². The summed E-state index contributed by atoms with van der Waals surface area (Å²) < 4.78 is 12.1. The summed E-state index contributed by atoms with van der Waals surface area (Å²) in [6.45, 7) is 5.58. The quantitative estimate of drug-likeness (QED) is 0.827. The Hall–Kier alpha value is -1.22. The fourth-order valence-electron chi connectivity index (χ4n) is 3.20. The minimum Gasteiger partial charge on any atom is -0.490 e. The molecule has 0 amide bonds. The normalized spacial score (nSPS) is 22.0. The van der Waals surface area contributed by atoms with Crippen LogP contribution in [0.25, 0.3) is 0 Å². The molecule has 0 aliphatic heterocycles. The van der Waals surface area contributed by atoms with Crippen LogP contribution in [0.15, 0.2) is 18.2 Å². The van der Waals surface area contributed by atoms with Gasteiger partial charge in [0.15, 0.2) is 11.5 Å². The predicted molar refractivity (Wildman–Crippen MR) is 87.0 cm³/mol. The van der Waals surface area contributed by atoms with Gasteiger partial charge >= 0.3 is 0 Å². The lowest BCUT2D eigenvalue weighted by molar-refractivity contribution is 0.116. The largest absolute Gasteiger partial charge is 0.490 e. The van der Waals surface area contributed by atoms with Crippen molar-refractivity contribution in [1.29, 1.82) is 0 Å². The van der Waals surface area contributed by atoms with Gasteiger partial charge in [-0.3, -0.25) is 0 Å². The zero-order valence-corrected chi connectivity index (χ0v) is 13.4. The van der Waals surface area contributed by atoms with E-state index in [1.54, 1.807) is 0 Å². The molecular formula is C18H29NO2. The summed E-state index contributed by atoms with van der Waals surface area (Å²) in [5.41, 5.74) is 6.90. The number of nitrogens with two attached hydrogens (primary N) is 1. The highest BCUT2D eigenvalue weighted by molar-refractivity contribution is 5.47. The molecule has 3 heteroatoms. The van der Waals surface area contributed by atoms with Crippen molar-refractivity contribution in [1.82, 2.24) is 0 Å². The second-order valence-corrected chi connectivity index (χ2v) is 5.90. The van der Waals surface area contributed by atoms with E-state index in [2.05, 4.69) is 13.0 Å². The van der Waals surface area contributed by atoms with E-state index in [4.69, 9.17) is 15.2 Å². The van der Waals surface area contributed by atoms with Crippen molar-refractivity contribution >= 4 is 0 Å². The molecule has 0 spiro atoms. The molecule has 1 aromatic carbocycles. The fourth-order valence-corrected chi connectivity index (χ4v) is 3.20. The van der Waals surface area contributed by atoms with Gasteiger partial charge in [-0.2, -0.15) is 0 Å². The molecule has 0 heterocycles. The molecule has 0 saturated heterocycles. The van der Waals surface area contributed by atoms with Crippen molar-refractivity contribution in [2.45, 2.75) is 58.5 Å². The van der Waals surface area contributed by atoms with Gasteiger partial charge in [0.05, 0.1) is 12.7 Å². The summed E-state index contributed by atoms with van der Waals surface area (Å²) in [7, 11) is 0. The number of benzene rings is 1. The van der Waals surface area contributed by atoms with Crippen molar-refractivity contribution in [3.63, 3.8) is 0 Å². The molecule has 1 saturated carbocycles. The van der Waals surface area contributed by atoms with Crippen molar-refractivity contribution in [3.8, 4) is 11.5 Å². The van der Waals surface area contributed by atoms with Gasteiger partial charge < -0.3 is 15.2 Å². The van der Waals surface area contributed by atoms with Crippen LogP contribution in [0.4, 0.5) is 0 Å². The molecule has 0 radical (unpaired) electrons. The van der Waals surface area contributed by atoms with Gasteiger partial charge in [-0.25, -0.2) is 0 Å². The SMILES string of the molecule is CCOc1cccc(CCN)c1OC1CCCC(CC)C1. The molecule has 1 fully saturated rings. The zero-order chi connectivity index (χ0) is 15.1. The number of rotatable bonds is 7. The lowest BCUT2D eigenvalue weighted by Gasteiger charge is -2.30. The predicted octanol–water partition coefficient (Wildman–Crippen LogP) is 3.93. The maximum Gasteiger partial charge on any atom is 0.164 e. The van der Waals surface area contributed by atoms with Crippen LogP contribution in [-0.4, -0.2) is 19.3 Å². The maximum atomic E-state index is 6.37. The fraction of sp³-hybridized carbons (Fsp3) is 0.667. The van der Waals surface area contributed by atoms with Crippen LogP contribution in [-0.2, 0) is 6.42 Å². The van der Waals surface area contributed by atoms with Gasteiger partial charge in [0, 0.05) is 0 Å². The molecule has 0 bridgehead atoms. The third kappa shape index (κ3) is 4.37. The minimum atomic E-state index is 0.321. The lowest BCUT2D eigenvalue weighted by atomic mass is 9.85. The van der Waals surface area contributed by atoms with Crippen LogP contribution in [0.1, 0.15) is 51.5 Å². The smallest absolute Gasteiger partial charge is 0.164 e. The molecule has 2 atom stereocenters. The highest BCUT2D eigenvalue weighted by Gasteiger charge is 2.24. The average molecular weight is 291 g/mol. The topological polar surface area (TPSA) is 44.5 Å². The number of ether oxygens (including phenoxy) is 2. The second kappa shape index (κ2) is 8.28. The summed E-state index contributed by atoms with van der Waals surface area (Å²) in [6.07, 6.45) is 7.34. The average Bonchev–Trinajstić information content (AvgIpc) is 2.51. The molecule has 2 unspecified atom stereocenters. The summed E-state index contributed by atoms with van der Waals surface area (Å²) >= 11 is 0. The highest BCUT2D eigenvalue weighted by Crippen LogP contribution is 2.36. The molecule has 1 aliphatic carbocycles. The first-order chi connectivity index (χ1) is 10.3. The molecule has 1 aliphatic rings. The first-order valence-corrected chi connectivity index (χ1v) is 8.39. The van der Waals surface area contributed by atoms with Crippen molar-refractivity contribution in [2.75, 3.05) is 13.2 Å². The lowest BCUT2D eigenvalue weighted by Crippen LogP contribution is -2.26. The van der Waals surface area contributed by atoms with Gasteiger partial charge in [0.25, 0.3) is 0 Å². The van der Waals surface area contributed by atoms with E-state index in [0.717, 1.165) is 30.3 Å². The summed E-state index contributed by atoms with van der Waals surface area (Å²) in [4.78, 5) is 0. The van der Waals surface area contributed by atoms with E-state index in [0.29, 0.717) is 19.3 Å². The van der Waals surface area contributed by atoms with Gasteiger partial charge in [0.1, 0.15) is 0 Å². The number of para-hydroxylation sites is 1. The third-order valence-electron chi connectivity index (χ3n) is 4.37. The summed E-state index contributed by atoms with van der Waals surface area (Å²) in [5.74, 6) is 2.59. The Kier molecular flexibility index (Phi) is 6.37. The summed E-state index contributed by atoms with van der Waals surface area (Å²) in [6, 6.07) is 6.13. The molecule has 1 aromatic rings. The van der Waals surface area contributed by atoms with Crippen LogP contribution < -0.4 is 15.2 Å². The Bertz CT molecular complexity index is 409. The van der Waals surface area contributed by atoms with E-state index >= 15 is 0 Å². The van der Waals surface area contributed by atoms with Gasteiger partial charge in [-0.15, -0.1) is 0 Å². The Morgan fingerprint density at radius 3 is 2.81 bits per heavy atom. The van der Waals surface area contributed by atoms with E-state index < -0.39 is 0 Å². The maximum absolute atomic E-state index is 6.37. The van der Waals surface area contributed by atoms with Crippen LogP contribution in [0.2, 0.25) is 0 Å². The van der Waals surface area contributed by atoms with E-state index in [-0.39, 0.29) is 0 Å². The van der Waals surface area contributed by atoms with E-state index in [1.165, 1.54) is 31.2 Å². The van der Waals surface area contributed by atoms with Gasteiger partial charge in [0.2, 0.25) is 0 Å². The number of hydrogen-bond acceptors (Lipinski definition) is 3.